The van der Waals surface area contributed by atoms with Crippen molar-refractivity contribution < 1.29 is 9.53 Å². The van der Waals surface area contributed by atoms with Crippen molar-refractivity contribution in [3.05, 3.63) is 0 Å². The summed E-state index contributed by atoms with van der Waals surface area (Å²) in [5.74, 6) is 0.0248. The molecule has 0 aliphatic carbocycles. The van der Waals surface area contributed by atoms with Crippen LogP contribution in [0.5, 0.6) is 0 Å². The molecule has 0 saturated heterocycles. The van der Waals surface area contributed by atoms with E-state index in [0.29, 0.717) is 13.0 Å². The van der Waals surface area contributed by atoms with Crippen molar-refractivity contribution in [2.45, 2.75) is 187 Å². The summed E-state index contributed by atoms with van der Waals surface area (Å²) in [4.78, 5) is 11.8. The number of esters is 1. The van der Waals surface area contributed by atoms with E-state index < -0.39 is 0 Å². The zero-order valence-electron chi connectivity index (χ0n) is 23.1. The van der Waals surface area contributed by atoms with Crippen LogP contribution in [-0.4, -0.2) is 42.1 Å². The van der Waals surface area contributed by atoms with Crippen LogP contribution in [0.4, 0.5) is 0 Å². The van der Waals surface area contributed by atoms with Crippen molar-refractivity contribution in [1.82, 2.24) is 0 Å². The molecule has 0 spiro atoms. The quantitative estimate of drug-likeness (QED) is 0.0619. The van der Waals surface area contributed by atoms with Crippen LogP contribution in [0.15, 0.2) is 0 Å². The third-order valence-corrected chi connectivity index (χ3v) is 7.00. The van der Waals surface area contributed by atoms with Gasteiger partial charge in [-0.1, -0.05) is 168 Å². The van der Waals surface area contributed by atoms with Gasteiger partial charge in [-0.25, -0.2) is 0 Å². The Kier molecular flexibility index (Phi) is 36.1. The average molecular weight is 491 g/mol. The predicted octanol–water partition coefficient (Wildman–Crippen LogP) is 10.5. The Balaban J connectivity index is 0. The average Bonchev–Trinajstić information content (AvgIpc) is 2.82. The minimum absolute atomic E-state index is 0. The van der Waals surface area contributed by atoms with Crippen LogP contribution in [-0.2, 0) is 9.53 Å². The van der Waals surface area contributed by atoms with Gasteiger partial charge in [0.2, 0.25) is 0 Å². The van der Waals surface area contributed by atoms with Gasteiger partial charge >= 0.3 is 35.5 Å². The molecule has 0 aromatic carbocycles. The Morgan fingerprint density at radius 1 is 0.412 bits per heavy atom. The van der Waals surface area contributed by atoms with Gasteiger partial charge in [-0.2, -0.15) is 0 Å². The van der Waals surface area contributed by atoms with Crippen LogP contribution in [0.3, 0.4) is 0 Å². The maximum atomic E-state index is 11.8. The van der Waals surface area contributed by atoms with E-state index in [1.807, 2.05) is 0 Å². The molecule has 0 aliphatic heterocycles. The van der Waals surface area contributed by atoms with Gasteiger partial charge in [-0.05, 0) is 12.8 Å². The van der Waals surface area contributed by atoms with E-state index in [-0.39, 0.29) is 35.5 Å². The molecule has 0 saturated carbocycles. The molecule has 0 radical (unpaired) electrons. The first-order valence-electron chi connectivity index (χ1n) is 15.5. The van der Waals surface area contributed by atoms with Gasteiger partial charge in [0.15, 0.2) is 0 Å². The second-order valence-corrected chi connectivity index (χ2v) is 10.5. The third kappa shape index (κ3) is 32.5. The van der Waals surface area contributed by atoms with E-state index >= 15 is 0 Å². The number of hydrogen-bond donors (Lipinski definition) is 0. The first kappa shape index (κ1) is 36.6. The van der Waals surface area contributed by atoms with Gasteiger partial charge in [-0.3, -0.25) is 4.79 Å². The van der Waals surface area contributed by atoms with Gasteiger partial charge in [-0.15, -0.1) is 0 Å². The van der Waals surface area contributed by atoms with Crippen LogP contribution < -0.4 is 0 Å². The molecular weight excluding hydrogens is 427 g/mol. The molecular formula is C31H63NaO2. The van der Waals surface area contributed by atoms with Gasteiger partial charge in [0, 0.05) is 6.42 Å². The first-order chi connectivity index (χ1) is 16.3. The van der Waals surface area contributed by atoms with Gasteiger partial charge in [0.25, 0.3) is 0 Å². The Hall–Kier alpha value is 0.470. The second kappa shape index (κ2) is 33.5. The van der Waals surface area contributed by atoms with E-state index in [9.17, 15) is 4.79 Å². The molecule has 0 bridgehead atoms. The monoisotopic (exact) mass is 490 g/mol. The van der Waals surface area contributed by atoms with E-state index in [2.05, 4.69) is 13.8 Å². The molecule has 0 atom stereocenters. The molecule has 0 amide bonds. The number of carbonyl (C=O) groups excluding carboxylic acids is 1. The van der Waals surface area contributed by atoms with E-state index in [0.717, 1.165) is 12.8 Å². The zero-order valence-corrected chi connectivity index (χ0v) is 23.1. The molecule has 0 N–H and O–H groups in total. The Morgan fingerprint density at radius 2 is 0.676 bits per heavy atom. The Bertz CT molecular complexity index is 372. The van der Waals surface area contributed by atoms with Crippen molar-refractivity contribution in [2.75, 3.05) is 6.61 Å². The third-order valence-electron chi connectivity index (χ3n) is 7.00. The molecule has 2 nitrogen and oxygen atoms in total. The van der Waals surface area contributed by atoms with Crippen molar-refractivity contribution in [2.24, 2.45) is 0 Å². The molecule has 3 heteroatoms. The summed E-state index contributed by atoms with van der Waals surface area (Å²) in [7, 11) is 0. The van der Waals surface area contributed by atoms with Crippen LogP contribution in [0.1, 0.15) is 187 Å². The van der Waals surface area contributed by atoms with Gasteiger partial charge in [0.05, 0.1) is 6.61 Å². The summed E-state index contributed by atoms with van der Waals surface area (Å²) < 4.78 is 5.40. The molecule has 200 valence electrons. The predicted molar refractivity (Wildman–Crippen MR) is 154 cm³/mol. The van der Waals surface area contributed by atoms with Crippen molar-refractivity contribution in [3.63, 3.8) is 0 Å². The van der Waals surface area contributed by atoms with Crippen LogP contribution in [0.25, 0.3) is 0 Å². The summed E-state index contributed by atoms with van der Waals surface area (Å²) >= 11 is 0. The number of carbonyl (C=O) groups is 1. The fourth-order valence-corrected chi connectivity index (χ4v) is 4.67. The van der Waals surface area contributed by atoms with Crippen molar-refractivity contribution in [3.8, 4) is 0 Å². The second-order valence-electron chi connectivity index (χ2n) is 10.5. The van der Waals surface area contributed by atoms with Crippen LogP contribution in [0.2, 0.25) is 0 Å². The molecule has 0 aliphatic rings. The summed E-state index contributed by atoms with van der Waals surface area (Å²) in [6.07, 6.45) is 35.7. The fraction of sp³-hybridized carbons (Fsp3) is 0.968. The number of rotatable bonds is 28. The SMILES string of the molecule is CCCCCCCCCCCCCCCCCC(=O)OCCCCCCCCCCCCC.[NaH]. The van der Waals surface area contributed by atoms with Crippen molar-refractivity contribution in [1.29, 1.82) is 0 Å². The molecule has 0 unspecified atom stereocenters. The van der Waals surface area contributed by atoms with E-state index in [1.54, 1.807) is 0 Å². The molecule has 0 aromatic rings. The summed E-state index contributed by atoms with van der Waals surface area (Å²) in [6, 6.07) is 0. The fourth-order valence-electron chi connectivity index (χ4n) is 4.67. The minimum atomic E-state index is 0. The van der Waals surface area contributed by atoms with Gasteiger partial charge in [0.1, 0.15) is 0 Å². The Morgan fingerprint density at radius 3 is 1.00 bits per heavy atom. The molecule has 0 fully saturated rings. The maximum absolute atomic E-state index is 11.8. The normalized spacial score (nSPS) is 10.9. The number of hydrogen-bond acceptors (Lipinski definition) is 2. The van der Waals surface area contributed by atoms with Gasteiger partial charge < -0.3 is 4.74 Å². The zero-order chi connectivity index (χ0) is 24.1. The molecule has 34 heavy (non-hydrogen) atoms. The Labute approximate surface area is 237 Å². The standard InChI is InChI=1S/C31H62O2.Na.H/c1-3-5-7-9-11-13-15-16-17-18-19-21-23-25-27-29-31(32)33-30-28-26-24-22-20-14-12-10-8-6-4-2;;/h3-30H2,1-2H3;;. The first-order valence-corrected chi connectivity index (χ1v) is 15.5. The van der Waals surface area contributed by atoms with E-state index in [1.165, 1.54) is 154 Å². The molecule has 0 aromatic heterocycles. The number of unbranched alkanes of at least 4 members (excludes halogenated alkanes) is 24. The number of ether oxygens (including phenoxy) is 1. The molecule has 0 rings (SSSR count). The topological polar surface area (TPSA) is 26.3 Å². The van der Waals surface area contributed by atoms with Crippen LogP contribution >= 0.6 is 0 Å². The summed E-state index contributed by atoms with van der Waals surface area (Å²) in [5, 5.41) is 0. The molecule has 0 heterocycles. The summed E-state index contributed by atoms with van der Waals surface area (Å²) in [5.41, 5.74) is 0. The van der Waals surface area contributed by atoms with Crippen molar-refractivity contribution >= 4 is 35.5 Å². The van der Waals surface area contributed by atoms with E-state index in [4.69, 9.17) is 4.74 Å². The summed E-state index contributed by atoms with van der Waals surface area (Å²) in [6.45, 7) is 5.20. The van der Waals surface area contributed by atoms with Crippen LogP contribution in [0, 0.1) is 0 Å².